The topological polar surface area (TPSA) is 85.1 Å². The van der Waals surface area contributed by atoms with Gasteiger partial charge in [-0.1, -0.05) is 32.1 Å². The summed E-state index contributed by atoms with van der Waals surface area (Å²) < 4.78 is 27.2. The second-order valence-electron chi connectivity index (χ2n) is 4.31. The monoisotopic (exact) mass is 277 g/mol. The molecule has 0 saturated heterocycles. The summed E-state index contributed by atoms with van der Waals surface area (Å²) in [6, 6.07) is -0.0669. The maximum Gasteiger partial charge on any atom is 0.252 e. The predicted octanol–water partition coefficient (Wildman–Crippen LogP) is 1.75. The Hall–Kier alpha value is -0.660. The van der Waals surface area contributed by atoms with Gasteiger partial charge < -0.3 is 5.73 Å². The molecule has 0 aliphatic heterocycles. The van der Waals surface area contributed by atoms with E-state index in [-0.39, 0.29) is 21.3 Å². The number of rotatable bonds is 5. The minimum absolute atomic E-state index is 0.0669. The molecule has 1 atom stereocenters. The molecule has 0 spiro atoms. The fraction of sp³-hybridized carbons (Fsp3) is 0.700. The zero-order valence-corrected chi connectivity index (χ0v) is 12.2. The highest BCUT2D eigenvalue weighted by molar-refractivity contribution is 7.91. The van der Waals surface area contributed by atoms with Crippen molar-refractivity contribution in [3.8, 4) is 0 Å². The summed E-state index contributed by atoms with van der Waals surface area (Å²) in [6.45, 7) is 7.59. The third-order valence-corrected chi connectivity index (χ3v) is 5.65. The first-order chi connectivity index (χ1) is 7.77. The largest absolute Gasteiger partial charge is 0.375 e. The Morgan fingerprint density at radius 2 is 2.06 bits per heavy atom. The Kier molecular flexibility index (Phi) is 4.51. The fourth-order valence-electron chi connectivity index (χ4n) is 1.60. The molecule has 0 bridgehead atoms. The van der Waals surface area contributed by atoms with Gasteiger partial charge in [0.2, 0.25) is 0 Å². The van der Waals surface area contributed by atoms with Gasteiger partial charge in [-0.15, -0.1) is 0 Å². The van der Waals surface area contributed by atoms with E-state index in [1.54, 1.807) is 6.92 Å². The van der Waals surface area contributed by atoms with Gasteiger partial charge in [0, 0.05) is 6.04 Å². The molecule has 0 saturated carbocycles. The van der Waals surface area contributed by atoms with Gasteiger partial charge in [0.05, 0.1) is 5.69 Å². The third kappa shape index (κ3) is 3.40. The highest BCUT2D eigenvalue weighted by Crippen LogP contribution is 2.25. The number of nitrogen functional groups attached to an aromatic ring is 1. The summed E-state index contributed by atoms with van der Waals surface area (Å²) in [7, 11) is -3.50. The van der Waals surface area contributed by atoms with Crippen LogP contribution < -0.4 is 10.5 Å². The summed E-state index contributed by atoms with van der Waals surface area (Å²) >= 11 is 1.00. The van der Waals surface area contributed by atoms with Crippen LogP contribution >= 0.6 is 11.3 Å². The lowest BCUT2D eigenvalue weighted by atomic mass is 10.0. The second kappa shape index (κ2) is 5.32. The van der Waals surface area contributed by atoms with Crippen molar-refractivity contribution in [2.24, 2.45) is 5.92 Å². The number of nitrogens with zero attached hydrogens (tertiary/aromatic N) is 1. The van der Waals surface area contributed by atoms with Gasteiger partial charge >= 0.3 is 0 Å². The Labute approximate surface area is 106 Å². The molecule has 7 heteroatoms. The minimum Gasteiger partial charge on any atom is -0.375 e. The molecule has 0 radical (unpaired) electrons. The van der Waals surface area contributed by atoms with E-state index < -0.39 is 10.0 Å². The van der Waals surface area contributed by atoms with Crippen molar-refractivity contribution < 1.29 is 8.42 Å². The number of thiazole rings is 1. The Balaban J connectivity index is 3.00. The fourth-order valence-corrected chi connectivity index (χ4v) is 4.38. The summed E-state index contributed by atoms with van der Waals surface area (Å²) in [5.74, 6) is 0.250. The third-order valence-electron chi connectivity index (χ3n) is 2.57. The number of anilines is 1. The molecule has 17 heavy (non-hydrogen) atoms. The quantitative estimate of drug-likeness (QED) is 0.858. The molecule has 0 aliphatic rings. The first-order valence-electron chi connectivity index (χ1n) is 5.53. The summed E-state index contributed by atoms with van der Waals surface area (Å²) in [5, 5.41) is 0.278. The molecule has 1 rings (SSSR count). The SMILES string of the molecule is CCC(NS(=O)(=O)c1sc(N)nc1C)C(C)C. The van der Waals surface area contributed by atoms with Crippen molar-refractivity contribution in [2.45, 2.75) is 44.4 Å². The maximum atomic E-state index is 12.1. The summed E-state index contributed by atoms with van der Waals surface area (Å²) in [5.41, 5.74) is 5.97. The normalized spacial score (nSPS) is 14.2. The Bertz CT molecular complexity index is 480. The van der Waals surface area contributed by atoms with Crippen molar-refractivity contribution >= 4 is 26.5 Å². The van der Waals surface area contributed by atoms with E-state index in [0.29, 0.717) is 5.69 Å². The number of aryl methyl sites for hydroxylation is 1. The van der Waals surface area contributed by atoms with Gasteiger partial charge in [-0.25, -0.2) is 18.1 Å². The highest BCUT2D eigenvalue weighted by Gasteiger charge is 2.25. The van der Waals surface area contributed by atoms with E-state index in [0.717, 1.165) is 17.8 Å². The van der Waals surface area contributed by atoms with Crippen LogP contribution in [-0.2, 0) is 10.0 Å². The second-order valence-corrected chi connectivity index (χ2v) is 7.24. The lowest BCUT2D eigenvalue weighted by Crippen LogP contribution is -2.37. The lowest BCUT2D eigenvalue weighted by Gasteiger charge is -2.20. The standard InChI is InChI=1S/C10H19N3O2S2/c1-5-8(6(2)3)13-17(14,15)9-7(4)12-10(11)16-9/h6,8,13H,5H2,1-4H3,(H2,11,12). The van der Waals surface area contributed by atoms with E-state index >= 15 is 0 Å². The van der Waals surface area contributed by atoms with Gasteiger partial charge in [0.15, 0.2) is 9.34 Å². The molecular formula is C10H19N3O2S2. The maximum absolute atomic E-state index is 12.1. The van der Waals surface area contributed by atoms with Crippen LogP contribution in [0, 0.1) is 12.8 Å². The molecule has 1 aromatic rings. The van der Waals surface area contributed by atoms with Crippen molar-refractivity contribution in [2.75, 3.05) is 5.73 Å². The van der Waals surface area contributed by atoms with Crippen molar-refractivity contribution in [1.82, 2.24) is 9.71 Å². The molecule has 0 aliphatic carbocycles. The summed E-state index contributed by atoms with van der Waals surface area (Å²) in [6.07, 6.45) is 0.754. The number of sulfonamides is 1. The number of aromatic nitrogens is 1. The van der Waals surface area contributed by atoms with Crippen LogP contribution in [0.25, 0.3) is 0 Å². The molecule has 1 heterocycles. The highest BCUT2D eigenvalue weighted by atomic mass is 32.2. The van der Waals surface area contributed by atoms with E-state index in [1.165, 1.54) is 0 Å². The van der Waals surface area contributed by atoms with E-state index in [4.69, 9.17) is 5.73 Å². The molecule has 98 valence electrons. The van der Waals surface area contributed by atoms with Crippen molar-refractivity contribution in [3.05, 3.63) is 5.69 Å². The minimum atomic E-state index is -3.50. The molecule has 3 N–H and O–H groups in total. The molecule has 0 fully saturated rings. The zero-order valence-electron chi connectivity index (χ0n) is 10.5. The molecule has 0 aromatic carbocycles. The average Bonchev–Trinajstić information content (AvgIpc) is 2.54. The number of nitrogens with two attached hydrogens (primary N) is 1. The van der Waals surface area contributed by atoms with Crippen LogP contribution in [-0.4, -0.2) is 19.4 Å². The van der Waals surface area contributed by atoms with E-state index in [1.807, 2.05) is 20.8 Å². The summed E-state index contributed by atoms with van der Waals surface area (Å²) in [4.78, 5) is 3.93. The first-order valence-corrected chi connectivity index (χ1v) is 7.83. The average molecular weight is 277 g/mol. The number of hydrogen-bond donors (Lipinski definition) is 2. The van der Waals surface area contributed by atoms with Gasteiger partial charge in [-0.05, 0) is 19.3 Å². The molecule has 1 aromatic heterocycles. The van der Waals surface area contributed by atoms with Gasteiger partial charge in [-0.3, -0.25) is 0 Å². The van der Waals surface area contributed by atoms with Gasteiger partial charge in [-0.2, -0.15) is 0 Å². The van der Waals surface area contributed by atoms with Crippen LogP contribution in [0.15, 0.2) is 4.21 Å². The van der Waals surface area contributed by atoms with Gasteiger partial charge in [0.1, 0.15) is 0 Å². The number of hydrogen-bond acceptors (Lipinski definition) is 5. The van der Waals surface area contributed by atoms with Crippen molar-refractivity contribution in [1.29, 1.82) is 0 Å². The molecule has 5 nitrogen and oxygen atoms in total. The molecule has 0 amide bonds. The van der Waals surface area contributed by atoms with Crippen LogP contribution in [0.3, 0.4) is 0 Å². The van der Waals surface area contributed by atoms with Crippen LogP contribution in [0.1, 0.15) is 32.9 Å². The first kappa shape index (κ1) is 14.4. The Morgan fingerprint density at radius 1 is 1.47 bits per heavy atom. The number of nitrogens with one attached hydrogen (secondary N) is 1. The molecule has 1 unspecified atom stereocenters. The van der Waals surface area contributed by atoms with E-state index in [2.05, 4.69) is 9.71 Å². The predicted molar refractivity (Wildman–Crippen MR) is 70.5 cm³/mol. The lowest BCUT2D eigenvalue weighted by molar-refractivity contribution is 0.437. The van der Waals surface area contributed by atoms with Crippen LogP contribution in [0.4, 0.5) is 5.13 Å². The van der Waals surface area contributed by atoms with Gasteiger partial charge in [0.25, 0.3) is 10.0 Å². The van der Waals surface area contributed by atoms with Crippen LogP contribution in [0.5, 0.6) is 0 Å². The van der Waals surface area contributed by atoms with Crippen molar-refractivity contribution in [3.63, 3.8) is 0 Å². The zero-order chi connectivity index (χ0) is 13.2. The smallest absolute Gasteiger partial charge is 0.252 e. The van der Waals surface area contributed by atoms with E-state index in [9.17, 15) is 8.42 Å². The van der Waals surface area contributed by atoms with Crippen LogP contribution in [0.2, 0.25) is 0 Å². The Morgan fingerprint density at radius 3 is 2.41 bits per heavy atom. The molecular weight excluding hydrogens is 258 g/mol.